The monoisotopic (exact) mass is 463 g/mol. The van der Waals surface area contributed by atoms with E-state index in [1.54, 1.807) is 31.2 Å². The van der Waals surface area contributed by atoms with E-state index in [4.69, 9.17) is 4.74 Å². The molecule has 0 spiro atoms. The van der Waals surface area contributed by atoms with Gasteiger partial charge in [-0.2, -0.15) is 0 Å². The molecule has 0 saturated heterocycles. The number of hydrogen-bond donors (Lipinski definition) is 0. The van der Waals surface area contributed by atoms with E-state index in [9.17, 15) is 17.6 Å². The smallest absolute Gasteiger partial charge is 0.326 e. The lowest BCUT2D eigenvalue weighted by molar-refractivity contribution is -0.141. The van der Waals surface area contributed by atoms with Crippen LogP contribution >= 0.6 is 22.6 Å². The summed E-state index contributed by atoms with van der Waals surface area (Å²) in [6.07, 6.45) is 0. The molecule has 2 aromatic carbocycles. The largest absolute Gasteiger partial charge is 0.465 e. The summed E-state index contributed by atoms with van der Waals surface area (Å²) < 4.78 is 45.5. The molecule has 0 aromatic heterocycles. The summed E-state index contributed by atoms with van der Waals surface area (Å²) in [5, 5.41) is 0. The Morgan fingerprint density at radius 3 is 2.25 bits per heavy atom. The van der Waals surface area contributed by atoms with Crippen molar-refractivity contribution >= 4 is 44.3 Å². The molecule has 0 fully saturated rings. The number of sulfonamides is 1. The molecule has 8 heteroatoms. The van der Waals surface area contributed by atoms with Crippen molar-refractivity contribution in [3.05, 3.63) is 57.9 Å². The third-order valence-electron chi connectivity index (χ3n) is 3.09. The van der Waals surface area contributed by atoms with Crippen LogP contribution in [-0.2, 0) is 19.6 Å². The Kier molecular flexibility index (Phi) is 6.16. The minimum atomic E-state index is -4.03. The van der Waals surface area contributed by atoms with Crippen molar-refractivity contribution < 1.29 is 22.3 Å². The number of anilines is 1. The van der Waals surface area contributed by atoms with Crippen LogP contribution in [0.2, 0.25) is 0 Å². The van der Waals surface area contributed by atoms with Crippen LogP contribution in [0.1, 0.15) is 6.92 Å². The molecule has 0 bridgehead atoms. The molecule has 0 aliphatic carbocycles. The zero-order valence-corrected chi connectivity index (χ0v) is 15.8. The van der Waals surface area contributed by atoms with Gasteiger partial charge < -0.3 is 4.74 Å². The van der Waals surface area contributed by atoms with Crippen LogP contribution in [0.3, 0.4) is 0 Å². The van der Waals surface area contributed by atoms with Gasteiger partial charge in [0.25, 0.3) is 10.0 Å². The zero-order valence-electron chi connectivity index (χ0n) is 12.8. The van der Waals surface area contributed by atoms with Gasteiger partial charge in [0.1, 0.15) is 12.4 Å². The summed E-state index contributed by atoms with van der Waals surface area (Å²) in [7, 11) is -4.03. The molecule has 0 atom stereocenters. The third kappa shape index (κ3) is 4.44. The molecule has 5 nitrogen and oxygen atoms in total. The molecule has 2 rings (SSSR count). The average Bonchev–Trinajstić information content (AvgIpc) is 2.54. The van der Waals surface area contributed by atoms with Crippen LogP contribution in [0.4, 0.5) is 10.1 Å². The quantitative estimate of drug-likeness (QED) is 0.488. The first-order chi connectivity index (χ1) is 11.3. The number of carbonyl (C=O) groups excluding carboxylic acids is 1. The van der Waals surface area contributed by atoms with Crippen LogP contribution in [0.5, 0.6) is 0 Å². The fourth-order valence-electron chi connectivity index (χ4n) is 1.98. The molecular weight excluding hydrogens is 448 g/mol. The third-order valence-corrected chi connectivity index (χ3v) is 5.60. The molecule has 0 aliphatic heterocycles. The highest BCUT2D eigenvalue weighted by atomic mass is 127. The van der Waals surface area contributed by atoms with E-state index in [0.717, 1.165) is 32.1 Å². The summed E-state index contributed by atoms with van der Waals surface area (Å²) in [6, 6.07) is 11.1. The van der Waals surface area contributed by atoms with Crippen molar-refractivity contribution in [3.8, 4) is 0 Å². The molecular formula is C16H15FINO4S. The van der Waals surface area contributed by atoms with Crippen molar-refractivity contribution in [1.29, 1.82) is 0 Å². The van der Waals surface area contributed by atoms with Crippen LogP contribution < -0.4 is 4.31 Å². The van der Waals surface area contributed by atoms with Gasteiger partial charge in [-0.15, -0.1) is 0 Å². The van der Waals surface area contributed by atoms with Gasteiger partial charge in [-0.25, -0.2) is 12.8 Å². The van der Waals surface area contributed by atoms with Crippen molar-refractivity contribution in [3.63, 3.8) is 0 Å². The Balaban J connectivity index is 2.45. The van der Waals surface area contributed by atoms with E-state index < -0.39 is 28.4 Å². The summed E-state index contributed by atoms with van der Waals surface area (Å²) in [4.78, 5) is 11.7. The highest BCUT2D eigenvalue weighted by Gasteiger charge is 2.27. The average molecular weight is 463 g/mol. The fraction of sp³-hybridized carbons (Fsp3) is 0.188. The van der Waals surface area contributed by atoms with E-state index in [-0.39, 0.29) is 11.5 Å². The van der Waals surface area contributed by atoms with Gasteiger partial charge in [-0.3, -0.25) is 9.10 Å². The predicted molar refractivity (Wildman–Crippen MR) is 96.7 cm³/mol. The van der Waals surface area contributed by atoms with Crippen molar-refractivity contribution in [2.24, 2.45) is 0 Å². The fourth-order valence-corrected chi connectivity index (χ4v) is 3.75. The lowest BCUT2D eigenvalue weighted by Crippen LogP contribution is -2.36. The van der Waals surface area contributed by atoms with Crippen LogP contribution in [0, 0.1) is 9.39 Å². The number of ether oxygens (including phenoxy) is 1. The Bertz CT molecular complexity index is 807. The molecule has 24 heavy (non-hydrogen) atoms. The maximum Gasteiger partial charge on any atom is 0.326 e. The molecule has 0 unspecified atom stereocenters. The van der Waals surface area contributed by atoms with E-state index in [1.807, 2.05) is 0 Å². The maximum absolute atomic E-state index is 13.1. The molecule has 0 amide bonds. The zero-order chi connectivity index (χ0) is 17.7. The standard InChI is InChI=1S/C16H15FINO4S/c1-2-23-16(20)11-19(14-7-5-13(18)6-8-14)24(21,22)15-9-3-12(17)4-10-15/h3-10H,2,11H2,1H3. The number of rotatable bonds is 6. The van der Waals surface area contributed by atoms with Crippen LogP contribution in [-0.4, -0.2) is 27.5 Å². The first-order valence-electron chi connectivity index (χ1n) is 7.04. The first-order valence-corrected chi connectivity index (χ1v) is 9.56. The van der Waals surface area contributed by atoms with Crippen LogP contribution in [0.25, 0.3) is 0 Å². The van der Waals surface area contributed by atoms with E-state index in [1.165, 1.54) is 0 Å². The van der Waals surface area contributed by atoms with Gasteiger partial charge in [0.2, 0.25) is 0 Å². The number of benzene rings is 2. The van der Waals surface area contributed by atoms with Crippen molar-refractivity contribution in [2.75, 3.05) is 17.5 Å². The molecule has 0 heterocycles. The Morgan fingerprint density at radius 2 is 1.71 bits per heavy atom. The molecule has 0 aliphatic rings. The number of nitrogens with zero attached hydrogens (tertiary/aromatic N) is 1. The molecule has 0 radical (unpaired) electrons. The molecule has 2 aromatic rings. The maximum atomic E-state index is 13.1. The van der Waals surface area contributed by atoms with Gasteiger partial charge >= 0.3 is 5.97 Å². The number of halogens is 2. The number of hydrogen-bond acceptors (Lipinski definition) is 4. The molecule has 0 N–H and O–H groups in total. The second-order valence-electron chi connectivity index (χ2n) is 4.75. The summed E-state index contributed by atoms with van der Waals surface area (Å²) >= 11 is 2.09. The summed E-state index contributed by atoms with van der Waals surface area (Å²) in [5.41, 5.74) is 0.327. The van der Waals surface area contributed by atoms with E-state index in [0.29, 0.717) is 5.69 Å². The molecule has 128 valence electrons. The van der Waals surface area contributed by atoms with Gasteiger partial charge in [0.15, 0.2) is 0 Å². The lowest BCUT2D eigenvalue weighted by Gasteiger charge is -2.23. The van der Waals surface area contributed by atoms with Crippen molar-refractivity contribution in [2.45, 2.75) is 11.8 Å². The normalized spacial score (nSPS) is 11.1. The SMILES string of the molecule is CCOC(=O)CN(c1ccc(I)cc1)S(=O)(=O)c1ccc(F)cc1. The van der Waals surface area contributed by atoms with Gasteiger partial charge in [0, 0.05) is 3.57 Å². The highest BCUT2D eigenvalue weighted by Crippen LogP contribution is 2.24. The van der Waals surface area contributed by atoms with E-state index in [2.05, 4.69) is 22.6 Å². The van der Waals surface area contributed by atoms with Gasteiger partial charge in [-0.1, -0.05) is 0 Å². The highest BCUT2D eigenvalue weighted by molar-refractivity contribution is 14.1. The topological polar surface area (TPSA) is 63.7 Å². The second kappa shape index (κ2) is 7.93. The molecule has 0 saturated carbocycles. The summed E-state index contributed by atoms with van der Waals surface area (Å²) in [6.45, 7) is 1.33. The Hall–Kier alpha value is -1.68. The second-order valence-corrected chi connectivity index (χ2v) is 7.85. The Morgan fingerprint density at radius 1 is 1.12 bits per heavy atom. The van der Waals surface area contributed by atoms with E-state index >= 15 is 0 Å². The first kappa shape index (κ1) is 18.7. The van der Waals surface area contributed by atoms with Crippen molar-refractivity contribution in [1.82, 2.24) is 0 Å². The number of carbonyl (C=O) groups is 1. The summed E-state index contributed by atoms with van der Waals surface area (Å²) in [5.74, 6) is -1.21. The minimum absolute atomic E-state index is 0.105. The number of esters is 1. The van der Waals surface area contributed by atoms with Crippen LogP contribution in [0.15, 0.2) is 53.4 Å². The lowest BCUT2D eigenvalue weighted by atomic mass is 10.3. The van der Waals surface area contributed by atoms with Gasteiger partial charge in [0.05, 0.1) is 17.2 Å². The van der Waals surface area contributed by atoms with Gasteiger partial charge in [-0.05, 0) is 78.0 Å². The predicted octanol–water partition coefficient (Wildman–Crippen LogP) is 3.19. The minimum Gasteiger partial charge on any atom is -0.465 e. The Labute approximate surface area is 153 Å².